The summed E-state index contributed by atoms with van der Waals surface area (Å²) in [6, 6.07) is 3.23. The molecule has 10 heteroatoms. The summed E-state index contributed by atoms with van der Waals surface area (Å²) < 4.78 is 8.19. The number of nitrogens with one attached hydrogen (secondary N) is 1. The lowest BCUT2D eigenvalue weighted by Gasteiger charge is -2.13. The zero-order valence-electron chi connectivity index (χ0n) is 16.9. The Morgan fingerprint density at radius 1 is 1.19 bits per heavy atom. The van der Waals surface area contributed by atoms with Crippen LogP contribution in [0.25, 0.3) is 11.2 Å². The molecule has 2 aliphatic rings. The molecule has 158 valence electrons. The first-order valence-electron chi connectivity index (χ1n) is 10.1. The van der Waals surface area contributed by atoms with E-state index in [4.69, 9.17) is 4.74 Å². The number of aromatic nitrogens is 5. The van der Waals surface area contributed by atoms with Gasteiger partial charge in [0, 0.05) is 31.5 Å². The van der Waals surface area contributed by atoms with E-state index in [9.17, 15) is 14.4 Å². The van der Waals surface area contributed by atoms with E-state index < -0.39 is 6.09 Å². The molecule has 0 saturated heterocycles. The fourth-order valence-corrected chi connectivity index (χ4v) is 3.37. The largest absolute Gasteiger partial charge is 0.415 e. The molecule has 5 rings (SSSR count). The molecule has 0 bridgehead atoms. The van der Waals surface area contributed by atoms with Crippen LogP contribution < -0.4 is 16.0 Å². The van der Waals surface area contributed by atoms with Crippen molar-refractivity contribution < 1.29 is 9.53 Å². The molecule has 0 aliphatic heterocycles. The molecule has 1 N–H and O–H groups in total. The van der Waals surface area contributed by atoms with Gasteiger partial charge in [0.05, 0.1) is 6.54 Å². The summed E-state index contributed by atoms with van der Waals surface area (Å²) in [5.41, 5.74) is 0.0161. The second-order valence-electron chi connectivity index (χ2n) is 7.78. The van der Waals surface area contributed by atoms with Gasteiger partial charge in [-0.05, 0) is 43.7 Å². The summed E-state index contributed by atoms with van der Waals surface area (Å²) in [4.78, 5) is 50.4. The van der Waals surface area contributed by atoms with Gasteiger partial charge in [-0.3, -0.25) is 23.8 Å². The van der Waals surface area contributed by atoms with Gasteiger partial charge >= 0.3 is 11.8 Å². The molecule has 10 nitrogen and oxygen atoms in total. The molecule has 2 fully saturated rings. The third-order valence-corrected chi connectivity index (χ3v) is 5.27. The monoisotopic (exact) mass is 420 g/mol. The average molecular weight is 420 g/mol. The summed E-state index contributed by atoms with van der Waals surface area (Å²) in [6.07, 6.45) is 5.99. The van der Waals surface area contributed by atoms with Gasteiger partial charge in [-0.15, -0.1) is 0 Å². The standard InChI is InChI=1S/C21H20N6O4/c1-25(21(30)31-15-8-10-22-11-9-15)12-2-3-16-23-17-18(24-16)26(13-4-5-13)20(29)27(19(17)28)14-6-7-14/h8-11,13-14H,4-7,12H2,1H3,(H,23,24). The maximum atomic E-state index is 12.9. The molecule has 0 atom stereocenters. The molecule has 0 unspecified atom stereocenters. The lowest BCUT2D eigenvalue weighted by Crippen LogP contribution is -2.39. The maximum absolute atomic E-state index is 12.9. The molecule has 1 amide bonds. The number of fused-ring (bicyclic) bond motifs is 1. The van der Waals surface area contributed by atoms with Crippen LogP contribution in [0.4, 0.5) is 4.79 Å². The summed E-state index contributed by atoms with van der Waals surface area (Å²) in [7, 11) is 1.57. The number of nitrogens with zero attached hydrogens (tertiary/aromatic N) is 5. The number of imidazole rings is 1. The number of hydrogen-bond acceptors (Lipinski definition) is 6. The number of hydrogen-bond donors (Lipinski definition) is 1. The van der Waals surface area contributed by atoms with Crippen molar-refractivity contribution in [2.45, 2.75) is 37.8 Å². The van der Waals surface area contributed by atoms with Crippen molar-refractivity contribution in [2.75, 3.05) is 13.6 Å². The number of H-pyrrole nitrogens is 1. The molecule has 0 aromatic carbocycles. The number of pyridine rings is 1. The van der Waals surface area contributed by atoms with Crippen LogP contribution in [0, 0.1) is 11.8 Å². The fourth-order valence-electron chi connectivity index (χ4n) is 3.37. The first-order chi connectivity index (χ1) is 15.0. The minimum absolute atomic E-state index is 0.0210. The van der Waals surface area contributed by atoms with E-state index in [1.165, 1.54) is 21.9 Å². The van der Waals surface area contributed by atoms with Crippen molar-refractivity contribution in [3.8, 4) is 17.6 Å². The van der Waals surface area contributed by atoms with Gasteiger partial charge < -0.3 is 9.72 Å². The second-order valence-corrected chi connectivity index (χ2v) is 7.78. The van der Waals surface area contributed by atoms with E-state index in [1.54, 1.807) is 23.7 Å². The normalized spacial score (nSPS) is 15.4. The van der Waals surface area contributed by atoms with Crippen LogP contribution in [0.5, 0.6) is 5.75 Å². The second kappa shape index (κ2) is 7.43. The first kappa shape index (κ1) is 19.1. The van der Waals surface area contributed by atoms with E-state index in [1.807, 2.05) is 0 Å². The Kier molecular flexibility index (Phi) is 4.58. The Balaban J connectivity index is 1.38. The predicted octanol–water partition coefficient (Wildman–Crippen LogP) is 1.43. The fraction of sp³-hybridized carbons (Fsp3) is 0.381. The minimum atomic E-state index is -0.556. The van der Waals surface area contributed by atoms with Crippen LogP contribution in [-0.2, 0) is 0 Å². The molecule has 3 aromatic rings. The molecule has 2 saturated carbocycles. The van der Waals surface area contributed by atoms with Crippen molar-refractivity contribution >= 4 is 17.3 Å². The Morgan fingerprint density at radius 2 is 1.87 bits per heavy atom. The number of carbonyl (C=O) groups is 1. The number of ether oxygens (including phenoxy) is 1. The number of rotatable bonds is 4. The third-order valence-electron chi connectivity index (χ3n) is 5.27. The van der Waals surface area contributed by atoms with Gasteiger partial charge in [-0.1, -0.05) is 5.92 Å². The molecule has 0 radical (unpaired) electrons. The van der Waals surface area contributed by atoms with E-state index in [0.717, 1.165) is 25.7 Å². The smallest absolute Gasteiger partial charge is 0.410 e. The van der Waals surface area contributed by atoms with Gasteiger partial charge in [0.15, 0.2) is 17.0 Å². The van der Waals surface area contributed by atoms with Gasteiger partial charge in [-0.25, -0.2) is 14.6 Å². The molecule has 2 aliphatic carbocycles. The Hall–Kier alpha value is -3.87. The Morgan fingerprint density at radius 3 is 2.55 bits per heavy atom. The molecule has 0 spiro atoms. The van der Waals surface area contributed by atoms with Crippen LogP contribution in [0.2, 0.25) is 0 Å². The number of amides is 1. The van der Waals surface area contributed by atoms with Crippen LogP contribution in [0.15, 0.2) is 34.1 Å². The third kappa shape index (κ3) is 3.70. The molecule has 31 heavy (non-hydrogen) atoms. The highest BCUT2D eigenvalue weighted by atomic mass is 16.6. The van der Waals surface area contributed by atoms with Crippen molar-refractivity contribution in [3.63, 3.8) is 0 Å². The Labute approximate surface area is 176 Å². The highest BCUT2D eigenvalue weighted by molar-refractivity contribution is 5.72. The zero-order chi connectivity index (χ0) is 21.5. The summed E-state index contributed by atoms with van der Waals surface area (Å²) >= 11 is 0. The van der Waals surface area contributed by atoms with Crippen molar-refractivity contribution in [1.29, 1.82) is 0 Å². The van der Waals surface area contributed by atoms with Crippen molar-refractivity contribution in [1.82, 2.24) is 29.0 Å². The van der Waals surface area contributed by atoms with Gasteiger partial charge in [0.2, 0.25) is 0 Å². The molecular formula is C21H20N6O4. The predicted molar refractivity (Wildman–Crippen MR) is 111 cm³/mol. The zero-order valence-corrected chi connectivity index (χ0v) is 16.9. The van der Waals surface area contributed by atoms with E-state index in [2.05, 4.69) is 26.8 Å². The quantitative estimate of drug-likeness (QED) is 0.639. The topological polar surface area (TPSA) is 115 Å². The number of carbonyl (C=O) groups excluding carboxylic acids is 1. The first-order valence-corrected chi connectivity index (χ1v) is 10.1. The lowest BCUT2D eigenvalue weighted by atomic mass is 10.4. The molecular weight excluding hydrogens is 400 g/mol. The highest BCUT2D eigenvalue weighted by Crippen LogP contribution is 2.36. The van der Waals surface area contributed by atoms with Crippen molar-refractivity contribution in [2.24, 2.45) is 0 Å². The van der Waals surface area contributed by atoms with Crippen molar-refractivity contribution in [3.05, 3.63) is 51.2 Å². The van der Waals surface area contributed by atoms with E-state index in [0.29, 0.717) is 16.9 Å². The van der Waals surface area contributed by atoms with Gasteiger partial charge in [0.1, 0.15) is 5.75 Å². The van der Waals surface area contributed by atoms with E-state index >= 15 is 0 Å². The SMILES string of the molecule is CN(CC#Cc1nc2c([nH]1)c(=O)n(C1CC1)c(=O)n2C1CC1)C(=O)Oc1ccncc1. The summed E-state index contributed by atoms with van der Waals surface area (Å²) in [5.74, 6) is 6.37. The average Bonchev–Trinajstić information content (AvgIpc) is 3.68. The van der Waals surface area contributed by atoms with Crippen LogP contribution in [0.1, 0.15) is 43.6 Å². The molecule has 3 aromatic heterocycles. The Bertz CT molecular complexity index is 1340. The highest BCUT2D eigenvalue weighted by Gasteiger charge is 2.34. The van der Waals surface area contributed by atoms with Gasteiger partial charge in [0.25, 0.3) is 5.56 Å². The van der Waals surface area contributed by atoms with Gasteiger partial charge in [-0.2, -0.15) is 0 Å². The van der Waals surface area contributed by atoms with Crippen LogP contribution in [0.3, 0.4) is 0 Å². The number of aromatic amines is 1. The summed E-state index contributed by atoms with van der Waals surface area (Å²) in [5, 5.41) is 0. The summed E-state index contributed by atoms with van der Waals surface area (Å²) in [6.45, 7) is 0.0999. The minimum Gasteiger partial charge on any atom is -0.410 e. The van der Waals surface area contributed by atoms with E-state index in [-0.39, 0.29) is 35.7 Å². The molecule has 3 heterocycles. The maximum Gasteiger partial charge on any atom is 0.415 e. The van der Waals surface area contributed by atoms with Crippen LogP contribution in [-0.4, -0.2) is 48.7 Å². The lowest BCUT2D eigenvalue weighted by molar-refractivity contribution is 0.168. The van der Waals surface area contributed by atoms with Crippen LogP contribution >= 0.6 is 0 Å².